The zero-order valence-electron chi connectivity index (χ0n) is 15.8. The molecule has 1 aliphatic rings. The fourth-order valence-corrected chi connectivity index (χ4v) is 4.14. The van der Waals surface area contributed by atoms with Crippen LogP contribution in [0.15, 0.2) is 45.6 Å². The Morgan fingerprint density at radius 2 is 1.93 bits per heavy atom. The standard InChI is InChI=1S/C22H20N2O5/c1-24-7-6-14(15(24)11-25)20-16(26)8-17(27)21-18(28)9-19(29-22(20)21)13-4-2-12(10-23)3-5-13/h2-5,8-9,14-15,25-27H,6-7,11H2,1H3/t14-,15+/m0/s1. The molecule has 1 fully saturated rings. The highest BCUT2D eigenvalue weighted by Crippen LogP contribution is 2.44. The molecule has 4 rings (SSSR count). The molecule has 0 aliphatic carbocycles. The van der Waals surface area contributed by atoms with E-state index in [1.54, 1.807) is 24.3 Å². The van der Waals surface area contributed by atoms with Gasteiger partial charge in [-0.25, -0.2) is 0 Å². The average Bonchev–Trinajstić information content (AvgIpc) is 3.07. The molecule has 29 heavy (non-hydrogen) atoms. The largest absolute Gasteiger partial charge is 0.507 e. The third kappa shape index (κ3) is 3.12. The van der Waals surface area contributed by atoms with E-state index in [4.69, 9.17) is 9.68 Å². The summed E-state index contributed by atoms with van der Waals surface area (Å²) >= 11 is 0. The van der Waals surface area contributed by atoms with Gasteiger partial charge < -0.3 is 24.6 Å². The molecule has 7 nitrogen and oxygen atoms in total. The lowest BCUT2D eigenvalue weighted by atomic mass is 9.89. The summed E-state index contributed by atoms with van der Waals surface area (Å²) in [7, 11) is 1.89. The number of rotatable bonds is 3. The summed E-state index contributed by atoms with van der Waals surface area (Å²) in [4.78, 5) is 14.8. The van der Waals surface area contributed by atoms with Crippen LogP contribution in [0.25, 0.3) is 22.3 Å². The van der Waals surface area contributed by atoms with Crippen LogP contribution < -0.4 is 5.43 Å². The lowest BCUT2D eigenvalue weighted by molar-refractivity contribution is 0.172. The highest BCUT2D eigenvalue weighted by atomic mass is 16.3. The number of hydrogen-bond donors (Lipinski definition) is 3. The topological polar surface area (TPSA) is 118 Å². The molecule has 3 N–H and O–H groups in total. The van der Waals surface area contributed by atoms with Crippen molar-refractivity contribution in [3.05, 3.63) is 57.7 Å². The van der Waals surface area contributed by atoms with Gasteiger partial charge in [0.2, 0.25) is 0 Å². The van der Waals surface area contributed by atoms with Crippen molar-refractivity contribution in [1.29, 1.82) is 5.26 Å². The van der Waals surface area contributed by atoms with E-state index in [0.717, 1.165) is 12.6 Å². The van der Waals surface area contributed by atoms with Crippen molar-refractivity contribution in [1.82, 2.24) is 4.90 Å². The predicted octanol–water partition coefficient (Wildman–Crippen LogP) is 2.52. The minimum Gasteiger partial charge on any atom is -0.507 e. The molecule has 2 aromatic carbocycles. The fraction of sp³-hybridized carbons (Fsp3) is 0.273. The number of phenolic OH excluding ortho intramolecular Hbond substituents is 2. The number of phenols is 2. The van der Waals surface area contributed by atoms with E-state index in [1.165, 1.54) is 6.07 Å². The summed E-state index contributed by atoms with van der Waals surface area (Å²) in [6.45, 7) is 0.611. The van der Waals surface area contributed by atoms with Gasteiger partial charge in [-0.15, -0.1) is 0 Å². The Bertz CT molecular complexity index is 1180. The van der Waals surface area contributed by atoms with Crippen LogP contribution in [0.1, 0.15) is 23.5 Å². The summed E-state index contributed by atoms with van der Waals surface area (Å²) < 4.78 is 6.03. The summed E-state index contributed by atoms with van der Waals surface area (Å²) in [6.07, 6.45) is 0.667. The second kappa shape index (κ2) is 7.24. The van der Waals surface area contributed by atoms with Crippen molar-refractivity contribution in [3.8, 4) is 28.9 Å². The van der Waals surface area contributed by atoms with Crippen molar-refractivity contribution in [2.75, 3.05) is 20.2 Å². The first-order valence-corrected chi connectivity index (χ1v) is 9.29. The number of likely N-dealkylation sites (tertiary alicyclic amines) is 1. The van der Waals surface area contributed by atoms with Gasteiger partial charge in [0.15, 0.2) is 5.43 Å². The minimum atomic E-state index is -0.434. The highest BCUT2D eigenvalue weighted by Gasteiger charge is 2.36. The summed E-state index contributed by atoms with van der Waals surface area (Å²) in [5, 5.41) is 39.7. The Balaban J connectivity index is 1.97. The second-order valence-electron chi connectivity index (χ2n) is 7.32. The van der Waals surface area contributed by atoms with Gasteiger partial charge in [0.05, 0.1) is 18.2 Å². The second-order valence-corrected chi connectivity index (χ2v) is 7.32. The number of likely N-dealkylation sites (N-methyl/N-ethyl adjacent to an activating group) is 1. The lowest BCUT2D eigenvalue weighted by Gasteiger charge is -2.24. The van der Waals surface area contributed by atoms with Gasteiger partial charge >= 0.3 is 0 Å². The van der Waals surface area contributed by atoms with Gasteiger partial charge in [0.25, 0.3) is 0 Å². The van der Waals surface area contributed by atoms with Gasteiger partial charge in [0.1, 0.15) is 28.2 Å². The van der Waals surface area contributed by atoms with E-state index in [2.05, 4.69) is 0 Å². The molecule has 3 aromatic rings. The lowest BCUT2D eigenvalue weighted by Crippen LogP contribution is -2.32. The minimum absolute atomic E-state index is 0.00133. The highest BCUT2D eigenvalue weighted by molar-refractivity contribution is 5.89. The Hall–Kier alpha value is -3.34. The number of nitriles is 1. The summed E-state index contributed by atoms with van der Waals surface area (Å²) in [6, 6.07) is 10.8. The zero-order chi connectivity index (χ0) is 20.7. The number of aliphatic hydroxyl groups is 1. The van der Waals surface area contributed by atoms with Crippen LogP contribution in [0, 0.1) is 11.3 Å². The third-order valence-electron chi connectivity index (χ3n) is 5.68. The molecule has 148 valence electrons. The van der Waals surface area contributed by atoms with Crippen LogP contribution in [-0.2, 0) is 0 Å². The number of fused-ring (bicyclic) bond motifs is 1. The molecular weight excluding hydrogens is 372 g/mol. The number of benzene rings is 2. The first-order valence-electron chi connectivity index (χ1n) is 9.29. The van der Waals surface area contributed by atoms with E-state index < -0.39 is 5.43 Å². The summed E-state index contributed by atoms with van der Waals surface area (Å²) in [5.74, 6) is -0.514. The van der Waals surface area contributed by atoms with E-state index in [0.29, 0.717) is 23.1 Å². The van der Waals surface area contributed by atoms with Crippen molar-refractivity contribution in [3.63, 3.8) is 0 Å². The van der Waals surface area contributed by atoms with Crippen LogP contribution >= 0.6 is 0 Å². The molecule has 0 spiro atoms. The van der Waals surface area contributed by atoms with Gasteiger partial charge in [0, 0.05) is 35.2 Å². The zero-order valence-corrected chi connectivity index (χ0v) is 15.8. The molecule has 1 aromatic heterocycles. The Kier molecular flexibility index (Phi) is 4.74. The fourth-order valence-electron chi connectivity index (χ4n) is 4.14. The van der Waals surface area contributed by atoms with E-state index in [9.17, 15) is 20.1 Å². The van der Waals surface area contributed by atoms with Crippen molar-refractivity contribution in [2.45, 2.75) is 18.4 Å². The molecule has 0 unspecified atom stereocenters. The molecule has 0 bridgehead atoms. The summed E-state index contributed by atoms with van der Waals surface area (Å²) in [5.41, 5.74) is 1.17. The van der Waals surface area contributed by atoms with E-state index >= 15 is 0 Å². The van der Waals surface area contributed by atoms with Crippen LogP contribution in [0.4, 0.5) is 0 Å². The Morgan fingerprint density at radius 1 is 1.21 bits per heavy atom. The average molecular weight is 392 g/mol. The number of aromatic hydroxyl groups is 2. The maximum atomic E-state index is 12.8. The molecule has 0 amide bonds. The van der Waals surface area contributed by atoms with Crippen molar-refractivity contribution in [2.24, 2.45) is 0 Å². The molecule has 1 aliphatic heterocycles. The van der Waals surface area contributed by atoms with Crippen LogP contribution in [0.5, 0.6) is 11.5 Å². The number of aliphatic hydroxyl groups excluding tert-OH is 1. The molecule has 1 saturated heterocycles. The number of hydrogen-bond acceptors (Lipinski definition) is 7. The van der Waals surface area contributed by atoms with Crippen molar-refractivity contribution < 1.29 is 19.7 Å². The third-order valence-corrected chi connectivity index (χ3v) is 5.68. The maximum absolute atomic E-state index is 12.8. The molecule has 0 saturated carbocycles. The first-order chi connectivity index (χ1) is 13.9. The Morgan fingerprint density at radius 3 is 2.59 bits per heavy atom. The molecular formula is C22H20N2O5. The van der Waals surface area contributed by atoms with Crippen LogP contribution in [-0.4, -0.2) is 46.5 Å². The van der Waals surface area contributed by atoms with Crippen LogP contribution in [0.2, 0.25) is 0 Å². The van der Waals surface area contributed by atoms with Crippen LogP contribution in [0.3, 0.4) is 0 Å². The van der Waals surface area contributed by atoms with Gasteiger partial charge in [-0.1, -0.05) is 0 Å². The quantitative estimate of drug-likeness (QED) is 0.627. The molecule has 7 heteroatoms. The number of nitrogens with zero attached hydrogens (tertiary/aromatic N) is 2. The van der Waals surface area contributed by atoms with E-state index in [-0.39, 0.29) is 46.8 Å². The van der Waals surface area contributed by atoms with Crippen molar-refractivity contribution >= 4 is 11.0 Å². The molecule has 2 heterocycles. The maximum Gasteiger partial charge on any atom is 0.197 e. The smallest absolute Gasteiger partial charge is 0.197 e. The first kappa shape index (κ1) is 19.0. The van der Waals surface area contributed by atoms with E-state index in [1.807, 2.05) is 18.0 Å². The normalized spacial score (nSPS) is 19.5. The Labute approximate surface area is 166 Å². The predicted molar refractivity (Wildman–Crippen MR) is 107 cm³/mol. The SMILES string of the molecule is CN1CC[C@H](c2c(O)cc(O)c3c(=O)cc(-c4ccc(C#N)cc4)oc23)[C@H]1CO. The van der Waals surface area contributed by atoms with Gasteiger partial charge in [-0.05, 0) is 44.3 Å². The van der Waals surface area contributed by atoms with Gasteiger partial charge in [-0.2, -0.15) is 5.26 Å². The monoisotopic (exact) mass is 392 g/mol. The molecule has 0 radical (unpaired) electrons. The van der Waals surface area contributed by atoms with Gasteiger partial charge in [-0.3, -0.25) is 4.79 Å². The molecule has 2 atom stereocenters.